The second-order valence-corrected chi connectivity index (χ2v) is 4.63. The van der Waals surface area contributed by atoms with Crippen LogP contribution < -0.4 is 0 Å². The van der Waals surface area contributed by atoms with Gasteiger partial charge in [0.1, 0.15) is 0 Å². The van der Waals surface area contributed by atoms with Gasteiger partial charge < -0.3 is 5.11 Å². The molecule has 1 N–H and O–H groups in total. The summed E-state index contributed by atoms with van der Waals surface area (Å²) < 4.78 is 0. The number of rotatable bonds is 4. The zero-order valence-corrected chi connectivity index (χ0v) is 9.16. The van der Waals surface area contributed by atoms with Crippen LogP contribution in [-0.2, 0) is 0 Å². The smallest absolute Gasteiger partial charge is 0.0682 e. The highest BCUT2D eigenvalue weighted by Gasteiger charge is 2.28. The first kappa shape index (κ1) is 11.0. The quantitative estimate of drug-likeness (QED) is 0.723. The van der Waals surface area contributed by atoms with Gasteiger partial charge in [0, 0.05) is 12.6 Å². The van der Waals surface area contributed by atoms with Crippen LogP contribution in [0.1, 0.15) is 40.0 Å². The lowest BCUT2D eigenvalue weighted by Crippen LogP contribution is -2.31. The van der Waals surface area contributed by atoms with Gasteiger partial charge in [0.05, 0.1) is 6.10 Å². The monoisotopic (exact) mass is 185 g/mol. The Kier molecular flexibility index (Phi) is 4.20. The summed E-state index contributed by atoms with van der Waals surface area (Å²) in [6.45, 7) is 8.78. The van der Waals surface area contributed by atoms with Crippen molar-refractivity contribution in [2.24, 2.45) is 5.92 Å². The van der Waals surface area contributed by atoms with Crippen LogP contribution in [0.4, 0.5) is 0 Å². The molecule has 1 aliphatic rings. The largest absolute Gasteiger partial charge is 0.392 e. The van der Waals surface area contributed by atoms with Gasteiger partial charge in [-0.1, -0.05) is 20.8 Å². The second kappa shape index (κ2) is 4.97. The van der Waals surface area contributed by atoms with Crippen LogP contribution in [0.5, 0.6) is 0 Å². The normalized spacial score (nSPS) is 30.2. The summed E-state index contributed by atoms with van der Waals surface area (Å²) in [6, 6.07) is 0.633. The predicted octanol–water partition coefficient (Wildman–Crippen LogP) is 1.88. The first-order valence-electron chi connectivity index (χ1n) is 5.55. The zero-order chi connectivity index (χ0) is 9.84. The molecule has 0 aromatic heterocycles. The average molecular weight is 185 g/mol. The number of nitrogens with zero attached hydrogens (tertiary/aromatic N) is 1. The molecule has 0 aliphatic carbocycles. The van der Waals surface area contributed by atoms with Gasteiger partial charge in [-0.05, 0) is 31.7 Å². The van der Waals surface area contributed by atoms with Gasteiger partial charge in [0.25, 0.3) is 0 Å². The van der Waals surface area contributed by atoms with E-state index in [1.165, 1.54) is 12.8 Å². The maximum absolute atomic E-state index is 9.52. The fraction of sp³-hybridized carbons (Fsp3) is 1.00. The zero-order valence-electron chi connectivity index (χ0n) is 9.16. The highest BCUT2D eigenvalue weighted by Crippen LogP contribution is 2.21. The highest BCUT2D eigenvalue weighted by atomic mass is 16.3. The molecule has 78 valence electrons. The third-order valence-electron chi connectivity index (χ3n) is 2.97. The van der Waals surface area contributed by atoms with Gasteiger partial charge in [0.15, 0.2) is 0 Å². The first-order valence-corrected chi connectivity index (χ1v) is 5.55. The molecule has 1 saturated heterocycles. The molecule has 13 heavy (non-hydrogen) atoms. The van der Waals surface area contributed by atoms with E-state index in [1.54, 1.807) is 0 Å². The van der Waals surface area contributed by atoms with Gasteiger partial charge in [-0.15, -0.1) is 0 Å². The van der Waals surface area contributed by atoms with E-state index in [4.69, 9.17) is 0 Å². The lowest BCUT2D eigenvalue weighted by atomic mass is 10.1. The molecule has 1 aliphatic heterocycles. The molecule has 0 radical (unpaired) electrons. The molecule has 0 unspecified atom stereocenters. The van der Waals surface area contributed by atoms with Crippen LogP contribution in [0.3, 0.4) is 0 Å². The molecule has 1 rings (SSSR count). The minimum absolute atomic E-state index is 0.0721. The van der Waals surface area contributed by atoms with E-state index < -0.39 is 0 Å². The lowest BCUT2D eigenvalue weighted by Gasteiger charge is -2.23. The first-order chi connectivity index (χ1) is 6.13. The van der Waals surface area contributed by atoms with Crippen LogP contribution in [0.25, 0.3) is 0 Å². The van der Waals surface area contributed by atoms with Gasteiger partial charge in [-0.2, -0.15) is 0 Å². The van der Waals surface area contributed by atoms with Crippen molar-refractivity contribution in [2.45, 2.75) is 52.2 Å². The Morgan fingerprint density at radius 2 is 2.15 bits per heavy atom. The van der Waals surface area contributed by atoms with E-state index in [2.05, 4.69) is 25.7 Å². The molecule has 2 heteroatoms. The number of β-amino-alcohol motifs (C(OH)–C–C–N with tert-alkyl or cyclic N) is 1. The standard InChI is InChI=1S/C11H23NO/c1-4-10-7-11(13)8-12(10)6-5-9(2)3/h9-11,13H,4-8H2,1-3H3/t10-,11-/m1/s1. The Morgan fingerprint density at radius 3 is 2.69 bits per heavy atom. The Bertz CT molecular complexity index is 147. The summed E-state index contributed by atoms with van der Waals surface area (Å²) in [7, 11) is 0. The van der Waals surface area contributed by atoms with E-state index in [0.29, 0.717) is 6.04 Å². The van der Waals surface area contributed by atoms with Crippen LogP contribution in [0.2, 0.25) is 0 Å². The van der Waals surface area contributed by atoms with Crippen molar-refractivity contribution < 1.29 is 5.11 Å². The topological polar surface area (TPSA) is 23.5 Å². The van der Waals surface area contributed by atoms with Crippen LogP contribution >= 0.6 is 0 Å². The number of likely N-dealkylation sites (tertiary alicyclic amines) is 1. The van der Waals surface area contributed by atoms with E-state index in [9.17, 15) is 5.11 Å². The molecule has 0 aromatic carbocycles. The van der Waals surface area contributed by atoms with Crippen molar-refractivity contribution >= 4 is 0 Å². The maximum Gasteiger partial charge on any atom is 0.0682 e. The summed E-state index contributed by atoms with van der Waals surface area (Å²) in [5.41, 5.74) is 0. The van der Waals surface area contributed by atoms with Gasteiger partial charge >= 0.3 is 0 Å². The molecule has 0 spiro atoms. The molecule has 0 saturated carbocycles. The fourth-order valence-electron chi connectivity index (χ4n) is 2.08. The average Bonchev–Trinajstić information content (AvgIpc) is 2.42. The maximum atomic E-state index is 9.52. The Morgan fingerprint density at radius 1 is 1.46 bits per heavy atom. The van der Waals surface area contributed by atoms with Crippen LogP contribution in [-0.4, -0.2) is 35.2 Å². The third-order valence-corrected chi connectivity index (χ3v) is 2.97. The van der Waals surface area contributed by atoms with Crippen molar-refractivity contribution in [3.05, 3.63) is 0 Å². The number of aliphatic hydroxyl groups is 1. The predicted molar refractivity (Wildman–Crippen MR) is 55.7 cm³/mol. The summed E-state index contributed by atoms with van der Waals surface area (Å²) >= 11 is 0. The van der Waals surface area contributed by atoms with Crippen molar-refractivity contribution in [2.75, 3.05) is 13.1 Å². The highest BCUT2D eigenvalue weighted by molar-refractivity contribution is 4.83. The van der Waals surface area contributed by atoms with Crippen molar-refractivity contribution in [3.8, 4) is 0 Å². The van der Waals surface area contributed by atoms with Crippen molar-refractivity contribution in [1.82, 2.24) is 4.90 Å². The summed E-state index contributed by atoms with van der Waals surface area (Å²) in [6.07, 6.45) is 3.34. The van der Waals surface area contributed by atoms with Crippen molar-refractivity contribution in [1.29, 1.82) is 0 Å². The van der Waals surface area contributed by atoms with Crippen molar-refractivity contribution in [3.63, 3.8) is 0 Å². The molecule has 0 aromatic rings. The molecule has 0 bridgehead atoms. The Balaban J connectivity index is 2.31. The number of hydrogen-bond acceptors (Lipinski definition) is 2. The van der Waals surface area contributed by atoms with Gasteiger partial charge in [0.2, 0.25) is 0 Å². The molecule has 1 heterocycles. The molecular weight excluding hydrogens is 162 g/mol. The summed E-state index contributed by atoms with van der Waals surface area (Å²) in [5.74, 6) is 0.773. The minimum atomic E-state index is -0.0721. The summed E-state index contributed by atoms with van der Waals surface area (Å²) in [5, 5.41) is 9.52. The van der Waals surface area contributed by atoms with Gasteiger partial charge in [-0.3, -0.25) is 4.90 Å². The third kappa shape index (κ3) is 3.28. The van der Waals surface area contributed by atoms with Gasteiger partial charge in [-0.25, -0.2) is 0 Å². The van der Waals surface area contributed by atoms with E-state index >= 15 is 0 Å². The van der Waals surface area contributed by atoms with Crippen LogP contribution in [0, 0.1) is 5.92 Å². The SMILES string of the molecule is CC[C@@H]1C[C@@H](O)CN1CCC(C)C. The second-order valence-electron chi connectivity index (χ2n) is 4.63. The molecule has 2 atom stereocenters. The van der Waals surface area contributed by atoms with Crippen LogP contribution in [0.15, 0.2) is 0 Å². The van der Waals surface area contributed by atoms with E-state index in [1.807, 2.05) is 0 Å². The van der Waals surface area contributed by atoms with E-state index in [0.717, 1.165) is 25.4 Å². The minimum Gasteiger partial charge on any atom is -0.392 e. The molecule has 0 amide bonds. The Labute approximate surface area is 81.9 Å². The number of aliphatic hydroxyl groups excluding tert-OH is 1. The number of hydrogen-bond donors (Lipinski definition) is 1. The lowest BCUT2D eigenvalue weighted by molar-refractivity contribution is 0.172. The fourth-order valence-corrected chi connectivity index (χ4v) is 2.08. The Hall–Kier alpha value is -0.0800. The summed E-state index contributed by atoms with van der Waals surface area (Å²) in [4.78, 5) is 2.45. The molecule has 2 nitrogen and oxygen atoms in total. The molecular formula is C11H23NO. The molecule has 1 fully saturated rings. The van der Waals surface area contributed by atoms with E-state index in [-0.39, 0.29) is 6.10 Å².